The number of aromatic amines is 1. The van der Waals surface area contributed by atoms with Crippen LogP contribution in [-0.4, -0.2) is 22.2 Å². The second-order valence-electron chi connectivity index (χ2n) is 3.35. The summed E-state index contributed by atoms with van der Waals surface area (Å²) in [6, 6.07) is 7.42. The molecule has 80 valence electrons. The third-order valence-electron chi connectivity index (χ3n) is 2.37. The van der Waals surface area contributed by atoms with Gasteiger partial charge < -0.3 is 14.2 Å². The predicted molar refractivity (Wildman–Crippen MR) is 58.1 cm³/mol. The van der Waals surface area contributed by atoms with Crippen molar-refractivity contribution >= 4 is 11.0 Å². The Morgan fingerprint density at radius 3 is 3.00 bits per heavy atom. The summed E-state index contributed by atoms with van der Waals surface area (Å²) in [7, 11) is 1.63. The molecule has 16 heavy (non-hydrogen) atoms. The summed E-state index contributed by atoms with van der Waals surface area (Å²) in [5.74, 6) is 1.49. The molecule has 0 amide bonds. The van der Waals surface area contributed by atoms with Crippen LogP contribution < -0.4 is 4.74 Å². The van der Waals surface area contributed by atoms with Gasteiger partial charge in [0.2, 0.25) is 0 Å². The van der Waals surface area contributed by atoms with Crippen molar-refractivity contribution in [2.45, 2.75) is 0 Å². The molecule has 0 aliphatic carbocycles. The van der Waals surface area contributed by atoms with Crippen molar-refractivity contribution in [1.82, 2.24) is 15.1 Å². The van der Waals surface area contributed by atoms with Crippen molar-refractivity contribution in [2.75, 3.05) is 7.11 Å². The number of imidazole rings is 1. The Morgan fingerprint density at radius 2 is 2.25 bits per heavy atom. The van der Waals surface area contributed by atoms with Gasteiger partial charge in [-0.1, -0.05) is 5.16 Å². The van der Waals surface area contributed by atoms with Crippen LogP contribution in [0.4, 0.5) is 0 Å². The SMILES string of the molecule is COc1ccc2nc(-c3ccon3)[nH]c2c1. The van der Waals surface area contributed by atoms with Crippen LogP contribution in [0.1, 0.15) is 0 Å². The van der Waals surface area contributed by atoms with Gasteiger partial charge >= 0.3 is 0 Å². The monoisotopic (exact) mass is 215 g/mol. The zero-order valence-electron chi connectivity index (χ0n) is 8.60. The van der Waals surface area contributed by atoms with E-state index in [9.17, 15) is 0 Å². The molecule has 2 heterocycles. The summed E-state index contributed by atoms with van der Waals surface area (Å²) >= 11 is 0. The van der Waals surface area contributed by atoms with Gasteiger partial charge in [-0.15, -0.1) is 0 Å². The highest BCUT2D eigenvalue weighted by Gasteiger charge is 2.08. The standard InChI is InChI=1S/C11H9N3O2/c1-15-7-2-3-8-10(6-7)13-11(12-8)9-4-5-16-14-9/h2-6H,1H3,(H,12,13). The van der Waals surface area contributed by atoms with Crippen LogP contribution in [0.25, 0.3) is 22.6 Å². The minimum absolute atomic E-state index is 0.690. The van der Waals surface area contributed by atoms with E-state index in [0.29, 0.717) is 11.5 Å². The Balaban J connectivity index is 2.16. The molecular formula is C11H9N3O2. The number of ether oxygens (including phenoxy) is 1. The Kier molecular flexibility index (Phi) is 1.89. The number of benzene rings is 1. The fraction of sp³-hybridized carbons (Fsp3) is 0.0909. The summed E-state index contributed by atoms with van der Waals surface area (Å²) in [4.78, 5) is 7.56. The molecule has 5 heteroatoms. The quantitative estimate of drug-likeness (QED) is 0.711. The number of hydrogen-bond acceptors (Lipinski definition) is 4. The average molecular weight is 215 g/mol. The van der Waals surface area contributed by atoms with E-state index in [1.54, 1.807) is 13.2 Å². The largest absolute Gasteiger partial charge is 0.497 e. The van der Waals surface area contributed by atoms with Crippen molar-refractivity contribution < 1.29 is 9.26 Å². The Morgan fingerprint density at radius 1 is 1.31 bits per heavy atom. The molecular weight excluding hydrogens is 206 g/mol. The first-order chi connectivity index (χ1) is 7.86. The lowest BCUT2D eigenvalue weighted by Gasteiger charge is -1.96. The first kappa shape index (κ1) is 8.96. The topological polar surface area (TPSA) is 63.9 Å². The lowest BCUT2D eigenvalue weighted by atomic mass is 10.3. The minimum atomic E-state index is 0.690. The maximum absolute atomic E-state index is 5.14. The second kappa shape index (κ2) is 3.37. The van der Waals surface area contributed by atoms with Crippen LogP contribution in [0.15, 0.2) is 35.1 Å². The van der Waals surface area contributed by atoms with E-state index in [4.69, 9.17) is 9.26 Å². The van der Waals surface area contributed by atoms with Crippen molar-refractivity contribution in [2.24, 2.45) is 0 Å². The van der Waals surface area contributed by atoms with Gasteiger partial charge in [0, 0.05) is 12.1 Å². The van der Waals surface area contributed by atoms with E-state index in [0.717, 1.165) is 16.8 Å². The number of fused-ring (bicyclic) bond motifs is 1. The lowest BCUT2D eigenvalue weighted by Crippen LogP contribution is -1.81. The van der Waals surface area contributed by atoms with E-state index < -0.39 is 0 Å². The number of rotatable bonds is 2. The van der Waals surface area contributed by atoms with Gasteiger partial charge in [-0.25, -0.2) is 4.98 Å². The molecule has 0 unspecified atom stereocenters. The van der Waals surface area contributed by atoms with Crippen LogP contribution in [0.3, 0.4) is 0 Å². The van der Waals surface area contributed by atoms with E-state index in [1.807, 2.05) is 18.2 Å². The molecule has 1 N–H and O–H groups in total. The summed E-state index contributed by atoms with van der Waals surface area (Å²) in [5.41, 5.74) is 2.48. The molecule has 0 bridgehead atoms. The van der Waals surface area contributed by atoms with Gasteiger partial charge in [-0.2, -0.15) is 0 Å². The molecule has 0 saturated carbocycles. The van der Waals surface area contributed by atoms with Gasteiger partial charge in [0.25, 0.3) is 0 Å². The molecule has 0 fully saturated rings. The summed E-state index contributed by atoms with van der Waals surface area (Å²) in [6.45, 7) is 0. The summed E-state index contributed by atoms with van der Waals surface area (Å²) in [5, 5.41) is 3.82. The molecule has 0 spiro atoms. The first-order valence-electron chi connectivity index (χ1n) is 4.81. The number of nitrogens with one attached hydrogen (secondary N) is 1. The van der Waals surface area contributed by atoms with E-state index in [2.05, 4.69) is 15.1 Å². The molecule has 3 aromatic rings. The highest BCUT2D eigenvalue weighted by Crippen LogP contribution is 2.22. The molecule has 0 radical (unpaired) electrons. The lowest BCUT2D eigenvalue weighted by molar-refractivity contribution is 0.415. The first-order valence-corrected chi connectivity index (χ1v) is 4.81. The molecule has 0 atom stereocenters. The van der Waals surface area contributed by atoms with Crippen LogP contribution in [0, 0.1) is 0 Å². The fourth-order valence-electron chi connectivity index (χ4n) is 1.57. The van der Waals surface area contributed by atoms with Crippen LogP contribution in [0.5, 0.6) is 5.75 Å². The third kappa shape index (κ3) is 1.33. The zero-order valence-corrected chi connectivity index (χ0v) is 8.60. The third-order valence-corrected chi connectivity index (χ3v) is 2.37. The van der Waals surface area contributed by atoms with Crippen molar-refractivity contribution in [1.29, 1.82) is 0 Å². The number of aromatic nitrogens is 3. The summed E-state index contributed by atoms with van der Waals surface area (Å²) < 4.78 is 9.92. The van der Waals surface area contributed by atoms with Gasteiger partial charge in [-0.3, -0.25) is 0 Å². The number of H-pyrrole nitrogens is 1. The Bertz CT molecular complexity index is 613. The normalized spacial score (nSPS) is 10.8. The Hall–Kier alpha value is -2.30. The van der Waals surface area contributed by atoms with Gasteiger partial charge in [0.15, 0.2) is 5.82 Å². The zero-order chi connectivity index (χ0) is 11.0. The molecule has 5 nitrogen and oxygen atoms in total. The van der Waals surface area contributed by atoms with Crippen LogP contribution >= 0.6 is 0 Å². The van der Waals surface area contributed by atoms with Gasteiger partial charge in [0.1, 0.15) is 17.7 Å². The predicted octanol–water partition coefficient (Wildman–Crippen LogP) is 2.23. The number of methoxy groups -OCH3 is 1. The molecule has 2 aromatic heterocycles. The van der Waals surface area contributed by atoms with E-state index in [-0.39, 0.29) is 0 Å². The molecule has 0 saturated heterocycles. The maximum Gasteiger partial charge on any atom is 0.160 e. The van der Waals surface area contributed by atoms with Crippen LogP contribution in [0.2, 0.25) is 0 Å². The average Bonchev–Trinajstić information content (AvgIpc) is 2.96. The number of nitrogens with zero attached hydrogens (tertiary/aromatic N) is 2. The van der Waals surface area contributed by atoms with Gasteiger partial charge in [0.05, 0.1) is 18.1 Å². The smallest absolute Gasteiger partial charge is 0.160 e. The van der Waals surface area contributed by atoms with Gasteiger partial charge in [-0.05, 0) is 12.1 Å². The highest BCUT2D eigenvalue weighted by atomic mass is 16.5. The fourth-order valence-corrected chi connectivity index (χ4v) is 1.57. The highest BCUT2D eigenvalue weighted by molar-refractivity contribution is 5.80. The van der Waals surface area contributed by atoms with Crippen molar-refractivity contribution in [3.8, 4) is 17.3 Å². The van der Waals surface area contributed by atoms with E-state index >= 15 is 0 Å². The molecule has 1 aromatic carbocycles. The summed E-state index contributed by atoms with van der Waals surface area (Å²) in [6.07, 6.45) is 1.52. The molecule has 0 aliphatic heterocycles. The number of hydrogen-bond donors (Lipinski definition) is 1. The second-order valence-corrected chi connectivity index (χ2v) is 3.35. The van der Waals surface area contributed by atoms with Crippen LogP contribution in [-0.2, 0) is 0 Å². The van der Waals surface area contributed by atoms with Crippen molar-refractivity contribution in [3.63, 3.8) is 0 Å². The Labute approximate surface area is 91.0 Å². The van der Waals surface area contributed by atoms with E-state index in [1.165, 1.54) is 6.26 Å². The molecule has 3 rings (SSSR count). The van der Waals surface area contributed by atoms with Crippen molar-refractivity contribution in [3.05, 3.63) is 30.5 Å². The minimum Gasteiger partial charge on any atom is -0.497 e. The molecule has 0 aliphatic rings. The maximum atomic E-state index is 5.14.